The minimum atomic E-state index is -3.61. The molecule has 0 bridgehead atoms. The maximum atomic E-state index is 12.7. The predicted molar refractivity (Wildman–Crippen MR) is 119 cm³/mol. The van der Waals surface area contributed by atoms with E-state index in [0.717, 1.165) is 10.8 Å². The van der Waals surface area contributed by atoms with Crippen LogP contribution in [0.4, 0.5) is 5.69 Å². The van der Waals surface area contributed by atoms with Gasteiger partial charge in [-0.05, 0) is 41.1 Å². The lowest BCUT2D eigenvalue weighted by Crippen LogP contribution is -2.40. The average Bonchev–Trinajstić information content (AvgIpc) is 2.83. The molecule has 9 heteroatoms. The predicted octanol–water partition coefficient (Wildman–Crippen LogP) is 2.66. The molecule has 166 valence electrons. The molecule has 1 heterocycles. The highest BCUT2D eigenvalue weighted by atomic mass is 32.2. The number of nitrogens with one attached hydrogen (secondary N) is 1. The zero-order valence-electron chi connectivity index (χ0n) is 17.2. The third-order valence-corrected chi connectivity index (χ3v) is 7.00. The molecule has 1 fully saturated rings. The molecule has 4 rings (SSSR count). The van der Waals surface area contributed by atoms with Crippen molar-refractivity contribution in [3.05, 3.63) is 72.3 Å². The van der Waals surface area contributed by atoms with Gasteiger partial charge in [0.2, 0.25) is 10.0 Å². The summed E-state index contributed by atoms with van der Waals surface area (Å²) < 4.78 is 37.0. The largest absolute Gasteiger partial charge is 0.452 e. The third-order valence-electron chi connectivity index (χ3n) is 5.09. The number of nitrogens with zero attached hydrogens (tertiary/aromatic N) is 1. The first-order valence-electron chi connectivity index (χ1n) is 10.1. The van der Waals surface area contributed by atoms with Gasteiger partial charge in [-0.15, -0.1) is 0 Å². The van der Waals surface area contributed by atoms with Crippen molar-refractivity contribution in [3.63, 3.8) is 0 Å². The van der Waals surface area contributed by atoms with Crippen molar-refractivity contribution in [3.8, 4) is 0 Å². The van der Waals surface area contributed by atoms with Gasteiger partial charge in [0.1, 0.15) is 0 Å². The molecule has 0 saturated carbocycles. The number of rotatable bonds is 6. The lowest BCUT2D eigenvalue weighted by atomic mass is 10.1. The molecule has 1 saturated heterocycles. The molecule has 1 aliphatic rings. The molecule has 0 atom stereocenters. The SMILES string of the molecule is O=C(COC(=O)c1cccc2ccccc12)Nc1ccc(S(=O)(=O)N2CCOCC2)cc1. The molecule has 1 N–H and O–H groups in total. The van der Waals surface area contributed by atoms with Crippen molar-refractivity contribution >= 4 is 38.4 Å². The van der Waals surface area contributed by atoms with Crippen LogP contribution in [0.2, 0.25) is 0 Å². The number of carbonyl (C=O) groups is 2. The first kappa shape index (κ1) is 21.9. The number of amides is 1. The number of esters is 1. The Hall–Kier alpha value is -3.27. The lowest BCUT2D eigenvalue weighted by Gasteiger charge is -2.26. The molecule has 3 aromatic rings. The zero-order chi connectivity index (χ0) is 22.6. The molecule has 1 aliphatic heterocycles. The van der Waals surface area contributed by atoms with E-state index in [-0.39, 0.29) is 4.90 Å². The van der Waals surface area contributed by atoms with Gasteiger partial charge in [-0.2, -0.15) is 4.31 Å². The number of benzene rings is 3. The maximum absolute atomic E-state index is 12.7. The fourth-order valence-electron chi connectivity index (χ4n) is 3.46. The number of anilines is 1. The summed E-state index contributed by atoms with van der Waals surface area (Å²) in [4.78, 5) is 24.8. The van der Waals surface area contributed by atoms with E-state index in [1.54, 1.807) is 12.1 Å². The molecule has 8 nitrogen and oxygen atoms in total. The Balaban J connectivity index is 1.35. The smallest absolute Gasteiger partial charge is 0.339 e. The monoisotopic (exact) mass is 454 g/mol. The minimum Gasteiger partial charge on any atom is -0.452 e. The number of sulfonamides is 1. The van der Waals surface area contributed by atoms with Crippen LogP contribution >= 0.6 is 0 Å². The highest BCUT2D eigenvalue weighted by Crippen LogP contribution is 2.20. The number of ether oxygens (including phenoxy) is 2. The number of morpholine rings is 1. The molecular weight excluding hydrogens is 432 g/mol. The second kappa shape index (κ2) is 9.47. The van der Waals surface area contributed by atoms with Crippen LogP contribution in [0.5, 0.6) is 0 Å². The van der Waals surface area contributed by atoms with E-state index in [9.17, 15) is 18.0 Å². The normalized spacial score (nSPS) is 14.8. The Labute approximate surface area is 185 Å². The number of fused-ring (bicyclic) bond motifs is 1. The number of hydrogen-bond donors (Lipinski definition) is 1. The molecule has 0 unspecified atom stereocenters. The van der Waals surface area contributed by atoms with E-state index in [2.05, 4.69) is 5.32 Å². The summed E-state index contributed by atoms with van der Waals surface area (Å²) in [5, 5.41) is 4.25. The van der Waals surface area contributed by atoms with Crippen LogP contribution in [-0.4, -0.2) is 57.5 Å². The van der Waals surface area contributed by atoms with Crippen LogP contribution in [-0.2, 0) is 24.3 Å². The summed E-state index contributed by atoms with van der Waals surface area (Å²) in [7, 11) is -3.61. The van der Waals surface area contributed by atoms with Crippen LogP contribution in [0.15, 0.2) is 71.6 Å². The van der Waals surface area contributed by atoms with Crippen molar-refractivity contribution in [2.24, 2.45) is 0 Å². The van der Waals surface area contributed by atoms with Gasteiger partial charge in [0, 0.05) is 18.8 Å². The van der Waals surface area contributed by atoms with Crippen LogP contribution < -0.4 is 5.32 Å². The van der Waals surface area contributed by atoms with Crippen LogP contribution in [0.25, 0.3) is 10.8 Å². The molecule has 1 amide bonds. The second-order valence-corrected chi connectivity index (χ2v) is 9.13. The molecule has 0 radical (unpaired) electrons. The van der Waals surface area contributed by atoms with Gasteiger partial charge < -0.3 is 14.8 Å². The summed E-state index contributed by atoms with van der Waals surface area (Å²) in [6, 6.07) is 18.6. The fourth-order valence-corrected chi connectivity index (χ4v) is 4.86. The zero-order valence-corrected chi connectivity index (χ0v) is 18.0. The van der Waals surface area contributed by atoms with Gasteiger partial charge in [-0.1, -0.05) is 36.4 Å². The molecule has 0 spiro atoms. The average molecular weight is 455 g/mol. The van der Waals surface area contributed by atoms with Gasteiger partial charge in [-0.3, -0.25) is 4.79 Å². The van der Waals surface area contributed by atoms with Crippen molar-refractivity contribution < 1.29 is 27.5 Å². The van der Waals surface area contributed by atoms with Crippen LogP contribution in [0, 0.1) is 0 Å². The van der Waals surface area contributed by atoms with E-state index >= 15 is 0 Å². The van der Waals surface area contributed by atoms with Crippen LogP contribution in [0.1, 0.15) is 10.4 Å². The Kier molecular flexibility index (Phi) is 6.50. The van der Waals surface area contributed by atoms with Gasteiger partial charge in [0.15, 0.2) is 6.61 Å². The van der Waals surface area contributed by atoms with Gasteiger partial charge >= 0.3 is 5.97 Å². The quantitative estimate of drug-likeness (QED) is 0.575. The molecule has 3 aromatic carbocycles. The van der Waals surface area contributed by atoms with Crippen molar-refractivity contribution in [2.45, 2.75) is 4.90 Å². The minimum absolute atomic E-state index is 0.139. The molecular formula is C23H22N2O6S. The van der Waals surface area contributed by atoms with E-state index in [4.69, 9.17) is 9.47 Å². The fraction of sp³-hybridized carbons (Fsp3) is 0.217. The lowest BCUT2D eigenvalue weighted by molar-refractivity contribution is -0.119. The van der Waals surface area contributed by atoms with Crippen LogP contribution in [0.3, 0.4) is 0 Å². The molecule has 0 aliphatic carbocycles. The summed E-state index contributed by atoms with van der Waals surface area (Å²) in [6.07, 6.45) is 0. The van der Waals surface area contributed by atoms with E-state index < -0.39 is 28.5 Å². The van der Waals surface area contributed by atoms with E-state index in [1.165, 1.54) is 28.6 Å². The number of carbonyl (C=O) groups excluding carboxylic acids is 2. The van der Waals surface area contributed by atoms with Gasteiger partial charge in [-0.25, -0.2) is 13.2 Å². The Morgan fingerprint density at radius 2 is 1.62 bits per heavy atom. The number of hydrogen-bond acceptors (Lipinski definition) is 6. The Morgan fingerprint density at radius 3 is 2.38 bits per heavy atom. The Bertz CT molecular complexity index is 1230. The van der Waals surface area contributed by atoms with E-state index in [0.29, 0.717) is 37.6 Å². The van der Waals surface area contributed by atoms with Crippen molar-refractivity contribution in [1.29, 1.82) is 0 Å². The summed E-state index contributed by atoms with van der Waals surface area (Å²) in [5.41, 5.74) is 0.783. The van der Waals surface area contributed by atoms with Crippen molar-refractivity contribution in [1.82, 2.24) is 4.31 Å². The summed E-state index contributed by atoms with van der Waals surface area (Å²) in [5.74, 6) is -1.12. The highest BCUT2D eigenvalue weighted by Gasteiger charge is 2.26. The third kappa shape index (κ3) is 4.80. The topological polar surface area (TPSA) is 102 Å². The Morgan fingerprint density at radius 1 is 0.938 bits per heavy atom. The maximum Gasteiger partial charge on any atom is 0.339 e. The second-order valence-electron chi connectivity index (χ2n) is 7.19. The highest BCUT2D eigenvalue weighted by molar-refractivity contribution is 7.89. The molecule has 32 heavy (non-hydrogen) atoms. The van der Waals surface area contributed by atoms with E-state index in [1.807, 2.05) is 30.3 Å². The van der Waals surface area contributed by atoms with Crippen molar-refractivity contribution in [2.75, 3.05) is 38.2 Å². The van der Waals surface area contributed by atoms with Gasteiger partial charge in [0.25, 0.3) is 5.91 Å². The summed E-state index contributed by atoms with van der Waals surface area (Å²) >= 11 is 0. The standard InChI is InChI=1S/C23H22N2O6S/c26-22(16-31-23(27)21-7-3-5-17-4-1-2-6-20(17)21)24-18-8-10-19(11-9-18)32(28,29)25-12-14-30-15-13-25/h1-11H,12-16H2,(H,24,26). The van der Waals surface area contributed by atoms with Gasteiger partial charge in [0.05, 0.1) is 23.7 Å². The first-order valence-corrected chi connectivity index (χ1v) is 11.5. The molecule has 0 aromatic heterocycles. The first-order chi connectivity index (χ1) is 15.4. The summed E-state index contributed by atoms with van der Waals surface area (Å²) in [6.45, 7) is 0.886.